The molecule has 0 bridgehead atoms. The average Bonchev–Trinajstić information content (AvgIpc) is 2.87. The van der Waals surface area contributed by atoms with Crippen molar-refractivity contribution < 1.29 is 69.0 Å². The molecule has 0 unspecified atom stereocenters. The normalized spacial score (nSPS) is 37.3. The van der Waals surface area contributed by atoms with Gasteiger partial charge < -0.3 is 64.7 Å². The van der Waals surface area contributed by atoms with Gasteiger partial charge in [0, 0.05) is 28.0 Å². The summed E-state index contributed by atoms with van der Waals surface area (Å²) in [6.07, 6.45) is -16.6. The summed E-state index contributed by atoms with van der Waals surface area (Å²) in [5.74, 6) is -4.24. The van der Waals surface area contributed by atoms with Gasteiger partial charge in [-0.25, -0.2) is 4.79 Å². The Morgan fingerprint density at radius 2 is 1.70 bits per heavy atom. The summed E-state index contributed by atoms with van der Waals surface area (Å²) in [7, 11) is -0.499. The third-order valence-corrected chi connectivity index (χ3v) is 8.64. The van der Waals surface area contributed by atoms with Gasteiger partial charge in [0.1, 0.15) is 42.7 Å². The lowest BCUT2D eigenvalue weighted by atomic mass is 9.88. The Labute approximate surface area is 234 Å². The number of aliphatic hydroxyl groups is 7. The standard InChI is InChI=1S/C24H45NO14Si/c1-11(20-18(32)17(31)19(33)22(37-20)36-7-8-40(4,5)6)38-24(23(34)35-3)9-13(28)15(25-12(2)27)21(39-24)16(30)14(29)10-26/h11,13-22,26,28-33H,7-10H2,1-6H3,(H,25,27)/t11-,13-,14+,15+,16+,17-,18+,19+,20+,21+,22+,24+/m0/s1. The molecule has 2 rings (SSSR count). The molecule has 0 spiro atoms. The van der Waals surface area contributed by atoms with Gasteiger partial charge in [-0.1, -0.05) is 19.6 Å². The van der Waals surface area contributed by atoms with Gasteiger partial charge >= 0.3 is 5.97 Å². The molecule has 0 aromatic carbocycles. The minimum Gasteiger partial charge on any atom is -0.465 e. The summed E-state index contributed by atoms with van der Waals surface area (Å²) in [6, 6.07) is -0.603. The first-order valence-corrected chi connectivity index (χ1v) is 16.9. The minimum atomic E-state index is -2.46. The molecule has 234 valence electrons. The van der Waals surface area contributed by atoms with E-state index in [1.165, 1.54) is 6.92 Å². The van der Waals surface area contributed by atoms with Gasteiger partial charge in [-0.05, 0) is 13.0 Å². The third-order valence-electron chi connectivity index (χ3n) is 6.94. The molecule has 2 aliphatic heterocycles. The van der Waals surface area contributed by atoms with E-state index in [1.54, 1.807) is 0 Å². The van der Waals surface area contributed by atoms with Crippen molar-refractivity contribution in [3.63, 3.8) is 0 Å². The molecule has 2 saturated heterocycles. The second-order valence-electron chi connectivity index (χ2n) is 11.5. The number of carbonyl (C=O) groups excluding carboxylic acids is 2. The molecule has 2 fully saturated rings. The molecule has 0 aromatic heterocycles. The minimum absolute atomic E-state index is 0.223. The zero-order valence-electron chi connectivity index (χ0n) is 23.7. The number of aliphatic hydroxyl groups excluding tert-OH is 7. The van der Waals surface area contributed by atoms with E-state index in [2.05, 4.69) is 25.0 Å². The molecule has 0 radical (unpaired) electrons. The average molecular weight is 600 g/mol. The first-order chi connectivity index (χ1) is 18.5. The van der Waals surface area contributed by atoms with Crippen molar-refractivity contribution in [3.05, 3.63) is 0 Å². The SMILES string of the molecule is COC(=O)[C@@]1(O[C@@H](C)[C@H]2O[C@@H](OCC[Si](C)(C)C)[C@H](O)[C@@H](O)[C@H]2O)C[C@H](O)[C@@H](NC(C)=O)[C@H]([C@H](O)[C@H](O)CO)O1. The van der Waals surface area contributed by atoms with E-state index in [0.717, 1.165) is 20.1 Å². The Bertz CT molecular complexity index is 845. The zero-order chi connectivity index (χ0) is 30.6. The lowest BCUT2D eigenvalue weighted by Gasteiger charge is -2.49. The van der Waals surface area contributed by atoms with Crippen molar-refractivity contribution in [1.29, 1.82) is 0 Å². The van der Waals surface area contributed by atoms with E-state index in [9.17, 15) is 45.3 Å². The maximum absolute atomic E-state index is 13.0. The highest BCUT2D eigenvalue weighted by Gasteiger charge is 2.58. The summed E-state index contributed by atoms with van der Waals surface area (Å²) >= 11 is 0. The van der Waals surface area contributed by atoms with Crippen LogP contribution in [-0.2, 0) is 33.3 Å². The highest BCUT2D eigenvalue weighted by molar-refractivity contribution is 6.76. The molecule has 15 nitrogen and oxygen atoms in total. The first kappa shape index (κ1) is 34.9. The van der Waals surface area contributed by atoms with Gasteiger partial charge in [-0.2, -0.15) is 0 Å². The van der Waals surface area contributed by atoms with Crippen LogP contribution >= 0.6 is 0 Å². The Hall–Kier alpha value is -1.28. The van der Waals surface area contributed by atoms with Crippen LogP contribution in [0.5, 0.6) is 0 Å². The van der Waals surface area contributed by atoms with E-state index in [4.69, 9.17) is 23.7 Å². The molecular weight excluding hydrogens is 554 g/mol. The monoisotopic (exact) mass is 599 g/mol. The van der Waals surface area contributed by atoms with Crippen molar-refractivity contribution in [2.75, 3.05) is 20.3 Å². The molecule has 8 N–H and O–H groups in total. The van der Waals surface area contributed by atoms with Crippen LogP contribution in [0.4, 0.5) is 0 Å². The topological polar surface area (TPSA) is 234 Å². The Morgan fingerprint density at radius 1 is 1.07 bits per heavy atom. The second kappa shape index (κ2) is 14.3. The van der Waals surface area contributed by atoms with Gasteiger partial charge in [-0.15, -0.1) is 0 Å². The van der Waals surface area contributed by atoms with Crippen LogP contribution in [0.3, 0.4) is 0 Å². The highest BCUT2D eigenvalue weighted by Crippen LogP contribution is 2.37. The summed E-state index contributed by atoms with van der Waals surface area (Å²) in [4.78, 5) is 24.8. The predicted molar refractivity (Wildman–Crippen MR) is 138 cm³/mol. The number of carbonyl (C=O) groups is 2. The fraction of sp³-hybridized carbons (Fsp3) is 0.917. The van der Waals surface area contributed by atoms with Crippen molar-refractivity contribution in [1.82, 2.24) is 5.32 Å². The smallest absolute Gasteiger partial charge is 0.366 e. The van der Waals surface area contributed by atoms with Crippen molar-refractivity contribution >= 4 is 20.0 Å². The molecule has 40 heavy (non-hydrogen) atoms. The van der Waals surface area contributed by atoms with Gasteiger partial charge in [0.05, 0.1) is 32.0 Å². The molecular formula is C24H45NO14Si. The van der Waals surface area contributed by atoms with Crippen LogP contribution in [0, 0.1) is 0 Å². The maximum atomic E-state index is 13.0. The fourth-order valence-electron chi connectivity index (χ4n) is 4.64. The molecule has 12 atom stereocenters. The zero-order valence-corrected chi connectivity index (χ0v) is 24.7. The van der Waals surface area contributed by atoms with Crippen molar-refractivity contribution in [3.8, 4) is 0 Å². The largest absolute Gasteiger partial charge is 0.465 e. The van der Waals surface area contributed by atoms with Crippen LogP contribution in [-0.4, -0.2) is 149 Å². The maximum Gasteiger partial charge on any atom is 0.366 e. The molecule has 0 saturated carbocycles. The number of hydrogen-bond acceptors (Lipinski definition) is 14. The Balaban J connectivity index is 2.35. The van der Waals surface area contributed by atoms with Gasteiger partial charge in [0.15, 0.2) is 6.29 Å². The number of nitrogens with one attached hydrogen (secondary N) is 1. The van der Waals surface area contributed by atoms with Crippen LogP contribution in [0.25, 0.3) is 0 Å². The van der Waals surface area contributed by atoms with Gasteiger partial charge in [-0.3, -0.25) is 4.79 Å². The van der Waals surface area contributed by atoms with E-state index in [0.29, 0.717) is 0 Å². The van der Waals surface area contributed by atoms with E-state index in [-0.39, 0.29) is 6.61 Å². The molecule has 2 heterocycles. The first-order valence-electron chi connectivity index (χ1n) is 13.2. The fourth-order valence-corrected chi connectivity index (χ4v) is 5.37. The number of amides is 1. The number of hydrogen-bond donors (Lipinski definition) is 8. The van der Waals surface area contributed by atoms with E-state index >= 15 is 0 Å². The quantitative estimate of drug-likeness (QED) is 0.0815. The summed E-state index contributed by atoms with van der Waals surface area (Å²) < 4.78 is 27.9. The van der Waals surface area contributed by atoms with Gasteiger partial charge in [0.2, 0.25) is 5.91 Å². The van der Waals surface area contributed by atoms with E-state index < -0.39 is 106 Å². The lowest BCUT2D eigenvalue weighted by molar-refractivity contribution is -0.354. The number of methoxy groups -OCH3 is 1. The molecule has 2 aliphatic rings. The predicted octanol–water partition coefficient (Wildman–Crippen LogP) is -3.21. The van der Waals surface area contributed by atoms with Crippen LogP contribution in [0.2, 0.25) is 25.7 Å². The summed E-state index contributed by atoms with van der Waals surface area (Å²) in [5.41, 5.74) is 0. The summed E-state index contributed by atoms with van der Waals surface area (Å²) in [5, 5.41) is 74.9. The van der Waals surface area contributed by atoms with Crippen LogP contribution < -0.4 is 5.32 Å². The van der Waals surface area contributed by atoms with Crippen LogP contribution in [0.1, 0.15) is 20.3 Å². The van der Waals surface area contributed by atoms with Gasteiger partial charge in [0.25, 0.3) is 5.79 Å². The Morgan fingerprint density at radius 3 is 2.23 bits per heavy atom. The number of ether oxygens (including phenoxy) is 5. The molecule has 0 aromatic rings. The van der Waals surface area contributed by atoms with Crippen LogP contribution in [0.15, 0.2) is 0 Å². The number of rotatable bonds is 12. The second-order valence-corrected chi connectivity index (χ2v) is 17.1. The van der Waals surface area contributed by atoms with Crippen molar-refractivity contribution in [2.45, 2.75) is 119 Å². The molecule has 0 aliphatic carbocycles. The highest BCUT2D eigenvalue weighted by atomic mass is 28.3. The lowest BCUT2D eigenvalue weighted by Crippen LogP contribution is -2.69. The molecule has 16 heteroatoms. The van der Waals surface area contributed by atoms with Crippen molar-refractivity contribution in [2.24, 2.45) is 0 Å². The molecule has 1 amide bonds. The summed E-state index contributed by atoms with van der Waals surface area (Å²) in [6.45, 7) is 8.19. The van der Waals surface area contributed by atoms with E-state index in [1.807, 2.05) is 0 Å². The third kappa shape index (κ3) is 8.39. The Kier molecular flexibility index (Phi) is 12.4. The number of esters is 1.